The van der Waals surface area contributed by atoms with Gasteiger partial charge in [-0.2, -0.15) is 0 Å². The molecule has 1 heterocycles. The van der Waals surface area contributed by atoms with Crippen LogP contribution < -0.4 is 11.2 Å². The molecule has 0 aliphatic carbocycles. The number of aromatic nitrogens is 2. The fourth-order valence-electron chi connectivity index (χ4n) is 2.61. The lowest BCUT2D eigenvalue weighted by Gasteiger charge is -2.19. The van der Waals surface area contributed by atoms with E-state index < -0.39 is 11.2 Å². The molecule has 6 heteroatoms. The third-order valence-corrected chi connectivity index (χ3v) is 3.92. The minimum absolute atomic E-state index is 0.114. The first-order valence-corrected chi connectivity index (χ1v) is 7.55. The van der Waals surface area contributed by atoms with E-state index in [1.54, 1.807) is 11.9 Å². The molecule has 0 spiro atoms. The van der Waals surface area contributed by atoms with Crippen molar-refractivity contribution in [3.05, 3.63) is 81.1 Å². The van der Waals surface area contributed by atoms with Crippen molar-refractivity contribution in [1.82, 2.24) is 14.5 Å². The summed E-state index contributed by atoms with van der Waals surface area (Å²) in [4.78, 5) is 38.8. The first-order chi connectivity index (χ1) is 11.5. The Hall–Kier alpha value is -3.15. The highest BCUT2D eigenvalue weighted by Crippen LogP contribution is 2.19. The smallest absolute Gasteiger partial charge is 0.328 e. The van der Waals surface area contributed by atoms with Gasteiger partial charge in [-0.1, -0.05) is 42.5 Å². The van der Waals surface area contributed by atoms with Crippen LogP contribution in [0.4, 0.5) is 0 Å². The average molecular weight is 323 g/mol. The molecule has 0 aliphatic rings. The number of fused-ring (bicyclic) bond motifs is 1. The van der Waals surface area contributed by atoms with E-state index in [-0.39, 0.29) is 12.5 Å². The molecule has 122 valence electrons. The van der Waals surface area contributed by atoms with E-state index in [0.29, 0.717) is 6.54 Å². The Balaban J connectivity index is 1.78. The summed E-state index contributed by atoms with van der Waals surface area (Å²) in [6.07, 6.45) is 1.32. The molecule has 0 bridgehead atoms. The van der Waals surface area contributed by atoms with Crippen LogP contribution in [0.3, 0.4) is 0 Å². The average Bonchev–Trinajstić information content (AvgIpc) is 2.57. The number of nitrogens with one attached hydrogen (secondary N) is 1. The first-order valence-electron chi connectivity index (χ1n) is 7.55. The van der Waals surface area contributed by atoms with Gasteiger partial charge < -0.3 is 4.90 Å². The monoisotopic (exact) mass is 323 g/mol. The number of likely N-dealkylation sites (N-methyl/N-ethyl adjacent to an activating group) is 1. The number of amides is 1. The Morgan fingerprint density at radius 3 is 2.62 bits per heavy atom. The van der Waals surface area contributed by atoms with Crippen LogP contribution in [0.15, 0.2) is 64.3 Å². The molecule has 0 saturated heterocycles. The normalized spacial score (nSPS) is 10.7. The second kappa shape index (κ2) is 6.54. The molecular weight excluding hydrogens is 306 g/mol. The highest BCUT2D eigenvalue weighted by atomic mass is 16.2. The summed E-state index contributed by atoms with van der Waals surface area (Å²) in [5.74, 6) is -0.211. The Labute approximate surface area is 138 Å². The lowest BCUT2D eigenvalue weighted by molar-refractivity contribution is -0.131. The highest BCUT2D eigenvalue weighted by molar-refractivity contribution is 5.86. The molecular formula is C18H17N3O3. The standard InChI is InChI=1S/C18H17N3O3/c1-20(17(23)12-21-10-9-16(22)19-18(21)24)11-14-7-4-6-13-5-2-3-8-15(13)14/h2-10H,11-12H2,1H3,(H,19,22,24). The fourth-order valence-corrected chi connectivity index (χ4v) is 2.61. The summed E-state index contributed by atoms with van der Waals surface area (Å²) < 4.78 is 1.18. The molecule has 24 heavy (non-hydrogen) atoms. The van der Waals surface area contributed by atoms with Crippen LogP contribution in [-0.2, 0) is 17.9 Å². The van der Waals surface area contributed by atoms with Crippen molar-refractivity contribution in [2.24, 2.45) is 0 Å². The van der Waals surface area contributed by atoms with Gasteiger partial charge in [-0.05, 0) is 16.3 Å². The number of carbonyl (C=O) groups excluding carboxylic acids is 1. The Morgan fingerprint density at radius 1 is 1.08 bits per heavy atom. The van der Waals surface area contributed by atoms with Crippen LogP contribution in [0.2, 0.25) is 0 Å². The van der Waals surface area contributed by atoms with E-state index in [0.717, 1.165) is 16.3 Å². The van der Waals surface area contributed by atoms with Crippen LogP contribution >= 0.6 is 0 Å². The molecule has 0 fully saturated rings. The number of hydrogen-bond acceptors (Lipinski definition) is 3. The largest absolute Gasteiger partial charge is 0.340 e. The SMILES string of the molecule is CN(Cc1cccc2ccccc12)C(=O)Cn1ccc(=O)[nH]c1=O. The number of nitrogens with zero attached hydrogens (tertiary/aromatic N) is 2. The second-order valence-corrected chi connectivity index (χ2v) is 5.63. The number of H-pyrrole nitrogens is 1. The third-order valence-electron chi connectivity index (χ3n) is 3.92. The van der Waals surface area contributed by atoms with E-state index in [4.69, 9.17) is 0 Å². The number of hydrogen-bond donors (Lipinski definition) is 1. The van der Waals surface area contributed by atoms with Gasteiger partial charge in [-0.15, -0.1) is 0 Å². The van der Waals surface area contributed by atoms with Gasteiger partial charge in [0.25, 0.3) is 5.56 Å². The summed E-state index contributed by atoms with van der Waals surface area (Å²) >= 11 is 0. The van der Waals surface area contributed by atoms with Crippen LogP contribution in [0.5, 0.6) is 0 Å². The van der Waals surface area contributed by atoms with Gasteiger partial charge in [0, 0.05) is 25.9 Å². The molecule has 0 atom stereocenters. The molecule has 0 unspecified atom stereocenters. The summed E-state index contributed by atoms with van der Waals surface area (Å²) in [5, 5.41) is 2.22. The van der Waals surface area contributed by atoms with Crippen LogP contribution in [0, 0.1) is 0 Å². The first kappa shape index (κ1) is 15.7. The van der Waals surface area contributed by atoms with Crippen molar-refractivity contribution in [3.8, 4) is 0 Å². The van der Waals surface area contributed by atoms with Crippen molar-refractivity contribution >= 4 is 16.7 Å². The van der Waals surface area contributed by atoms with Gasteiger partial charge in [-0.3, -0.25) is 19.1 Å². The van der Waals surface area contributed by atoms with E-state index in [9.17, 15) is 14.4 Å². The van der Waals surface area contributed by atoms with Crippen LogP contribution in [-0.4, -0.2) is 27.4 Å². The fraction of sp³-hybridized carbons (Fsp3) is 0.167. The maximum Gasteiger partial charge on any atom is 0.328 e. The topological polar surface area (TPSA) is 75.2 Å². The summed E-state index contributed by atoms with van der Waals surface area (Å²) in [6, 6.07) is 15.2. The summed E-state index contributed by atoms with van der Waals surface area (Å²) in [6.45, 7) is 0.329. The van der Waals surface area contributed by atoms with E-state index in [1.165, 1.54) is 16.8 Å². The molecule has 0 radical (unpaired) electrons. The summed E-state index contributed by atoms with van der Waals surface area (Å²) in [7, 11) is 1.70. The van der Waals surface area contributed by atoms with Crippen molar-refractivity contribution < 1.29 is 4.79 Å². The number of aromatic amines is 1. The van der Waals surface area contributed by atoms with E-state index in [2.05, 4.69) is 4.98 Å². The maximum atomic E-state index is 12.4. The Morgan fingerprint density at radius 2 is 1.83 bits per heavy atom. The Kier molecular flexibility index (Phi) is 4.29. The predicted molar refractivity (Wildman–Crippen MR) is 91.7 cm³/mol. The molecule has 0 saturated carbocycles. The summed E-state index contributed by atoms with van der Waals surface area (Å²) in [5.41, 5.74) is -0.0278. The molecule has 1 N–H and O–H groups in total. The molecule has 2 aromatic carbocycles. The third kappa shape index (κ3) is 3.27. The molecule has 1 aromatic heterocycles. The minimum atomic E-state index is -0.589. The van der Waals surface area contributed by atoms with Crippen molar-refractivity contribution in [2.75, 3.05) is 7.05 Å². The van der Waals surface area contributed by atoms with Crippen LogP contribution in [0.25, 0.3) is 10.8 Å². The zero-order valence-corrected chi connectivity index (χ0v) is 13.2. The van der Waals surface area contributed by atoms with Gasteiger partial charge in [0.05, 0.1) is 0 Å². The van der Waals surface area contributed by atoms with Gasteiger partial charge >= 0.3 is 5.69 Å². The minimum Gasteiger partial charge on any atom is -0.340 e. The zero-order chi connectivity index (χ0) is 17.1. The number of rotatable bonds is 4. The molecule has 3 aromatic rings. The maximum absolute atomic E-state index is 12.4. The quantitative estimate of drug-likeness (QED) is 0.787. The van der Waals surface area contributed by atoms with Crippen molar-refractivity contribution in [1.29, 1.82) is 0 Å². The lowest BCUT2D eigenvalue weighted by atomic mass is 10.0. The molecule has 1 amide bonds. The molecule has 0 aliphatic heterocycles. The van der Waals surface area contributed by atoms with E-state index in [1.807, 2.05) is 42.5 Å². The van der Waals surface area contributed by atoms with Gasteiger partial charge in [-0.25, -0.2) is 4.79 Å². The lowest BCUT2D eigenvalue weighted by Crippen LogP contribution is -2.36. The van der Waals surface area contributed by atoms with Gasteiger partial charge in [0.2, 0.25) is 5.91 Å². The predicted octanol–water partition coefficient (Wildman–Crippen LogP) is 1.35. The zero-order valence-electron chi connectivity index (χ0n) is 13.2. The molecule has 3 rings (SSSR count). The molecule has 6 nitrogen and oxygen atoms in total. The number of carbonyl (C=O) groups is 1. The van der Waals surface area contributed by atoms with Gasteiger partial charge in [0.15, 0.2) is 0 Å². The number of benzene rings is 2. The van der Waals surface area contributed by atoms with Crippen molar-refractivity contribution in [3.63, 3.8) is 0 Å². The van der Waals surface area contributed by atoms with Crippen LogP contribution in [0.1, 0.15) is 5.56 Å². The second-order valence-electron chi connectivity index (χ2n) is 5.63. The van der Waals surface area contributed by atoms with E-state index >= 15 is 0 Å². The highest BCUT2D eigenvalue weighted by Gasteiger charge is 2.12. The Bertz CT molecular complexity index is 999. The van der Waals surface area contributed by atoms with Gasteiger partial charge in [0.1, 0.15) is 6.54 Å². The van der Waals surface area contributed by atoms with Crippen molar-refractivity contribution in [2.45, 2.75) is 13.1 Å².